The van der Waals surface area contributed by atoms with Gasteiger partial charge in [-0.15, -0.1) is 0 Å². The summed E-state index contributed by atoms with van der Waals surface area (Å²) in [5.74, 6) is -0.773. The topological polar surface area (TPSA) is 97.0 Å². The molecular formula is C22H14O6S. The predicted octanol–water partition coefficient (Wildman–Crippen LogP) is 4.37. The molecule has 0 unspecified atom stereocenters. The van der Waals surface area contributed by atoms with Crippen LogP contribution in [0.25, 0.3) is 22.1 Å². The Morgan fingerprint density at radius 1 is 1.07 bits per heavy atom. The highest BCUT2D eigenvalue weighted by Gasteiger charge is 2.33. The van der Waals surface area contributed by atoms with Gasteiger partial charge < -0.3 is 19.4 Å². The van der Waals surface area contributed by atoms with E-state index in [-0.39, 0.29) is 46.1 Å². The van der Waals surface area contributed by atoms with Crippen molar-refractivity contribution in [2.45, 2.75) is 12.3 Å². The maximum Gasteiger partial charge on any atom is 0.312 e. The number of hydrogen-bond donors (Lipinski definition) is 2. The highest BCUT2D eigenvalue weighted by Crippen LogP contribution is 2.45. The number of phenolic OH excluding ortho intramolecular Hbond substituents is 2. The number of esters is 1. The molecule has 3 heterocycles. The standard InChI is InChI=1S/C22H14O6S/c23-13-3-1-11(2-4-13)15-9-27-22-19-14(12-5-6-29-10-12)7-18(25)28-17(19)8-16(24)20(22)21(15)26/h1-6,8-10,14,23-24H,7H2/t14-/m1/s1. The predicted molar refractivity (Wildman–Crippen MR) is 108 cm³/mol. The van der Waals surface area contributed by atoms with E-state index >= 15 is 0 Å². The summed E-state index contributed by atoms with van der Waals surface area (Å²) in [4.78, 5) is 25.3. The minimum Gasteiger partial charge on any atom is -0.508 e. The molecule has 7 heteroatoms. The van der Waals surface area contributed by atoms with E-state index in [9.17, 15) is 19.8 Å². The lowest BCUT2D eigenvalue weighted by Crippen LogP contribution is -2.21. The lowest BCUT2D eigenvalue weighted by molar-refractivity contribution is -0.135. The van der Waals surface area contributed by atoms with E-state index < -0.39 is 11.4 Å². The van der Waals surface area contributed by atoms with Crippen molar-refractivity contribution in [3.8, 4) is 28.4 Å². The van der Waals surface area contributed by atoms with Gasteiger partial charge in [-0.1, -0.05) is 12.1 Å². The van der Waals surface area contributed by atoms with E-state index in [1.165, 1.54) is 35.8 Å². The monoisotopic (exact) mass is 406 g/mol. The lowest BCUT2D eigenvalue weighted by atomic mass is 9.86. The smallest absolute Gasteiger partial charge is 0.312 e. The Kier molecular flexibility index (Phi) is 3.92. The zero-order chi connectivity index (χ0) is 20.1. The summed E-state index contributed by atoms with van der Waals surface area (Å²) in [6, 6.07) is 9.35. The summed E-state index contributed by atoms with van der Waals surface area (Å²) in [6.07, 6.45) is 1.45. The summed E-state index contributed by atoms with van der Waals surface area (Å²) >= 11 is 1.51. The third-order valence-corrected chi connectivity index (χ3v) is 5.80. The van der Waals surface area contributed by atoms with Crippen LogP contribution in [0.2, 0.25) is 0 Å². The quantitative estimate of drug-likeness (QED) is 0.379. The summed E-state index contributed by atoms with van der Waals surface area (Å²) in [6.45, 7) is 0. The Hall–Kier alpha value is -3.58. The highest BCUT2D eigenvalue weighted by molar-refractivity contribution is 7.08. The molecule has 0 aliphatic carbocycles. The number of thiophene rings is 1. The van der Waals surface area contributed by atoms with Crippen LogP contribution in [0.4, 0.5) is 0 Å². The third-order valence-electron chi connectivity index (χ3n) is 5.09. The van der Waals surface area contributed by atoms with E-state index in [1.54, 1.807) is 12.1 Å². The second kappa shape index (κ2) is 6.49. The molecule has 5 rings (SSSR count). The van der Waals surface area contributed by atoms with Gasteiger partial charge in [0.1, 0.15) is 34.5 Å². The largest absolute Gasteiger partial charge is 0.508 e. The van der Waals surface area contributed by atoms with Crippen LogP contribution in [0.3, 0.4) is 0 Å². The van der Waals surface area contributed by atoms with Crippen molar-refractivity contribution < 1.29 is 24.2 Å². The molecule has 4 aromatic rings. The average molecular weight is 406 g/mol. The van der Waals surface area contributed by atoms with Crippen molar-refractivity contribution >= 4 is 28.3 Å². The van der Waals surface area contributed by atoms with E-state index in [2.05, 4.69) is 0 Å². The number of aromatic hydroxyl groups is 2. The number of hydrogen-bond acceptors (Lipinski definition) is 7. The first-order chi connectivity index (χ1) is 14.0. The number of benzene rings is 2. The first kappa shape index (κ1) is 17.5. The van der Waals surface area contributed by atoms with Gasteiger partial charge in [0, 0.05) is 17.5 Å². The van der Waals surface area contributed by atoms with Gasteiger partial charge in [-0.05, 0) is 40.1 Å². The Labute approximate surface area is 168 Å². The Morgan fingerprint density at radius 2 is 1.86 bits per heavy atom. The van der Waals surface area contributed by atoms with Crippen molar-refractivity contribution in [1.82, 2.24) is 0 Å². The van der Waals surface area contributed by atoms with Gasteiger partial charge in [0.05, 0.1) is 12.0 Å². The summed E-state index contributed by atoms with van der Waals surface area (Å²) in [7, 11) is 0. The fourth-order valence-electron chi connectivity index (χ4n) is 3.73. The molecule has 0 amide bonds. The minimum absolute atomic E-state index is 0.0347. The maximum atomic E-state index is 13.2. The van der Waals surface area contributed by atoms with E-state index in [1.807, 2.05) is 16.8 Å². The molecule has 1 aliphatic heterocycles. The zero-order valence-corrected chi connectivity index (χ0v) is 15.7. The van der Waals surface area contributed by atoms with Gasteiger partial charge in [0.25, 0.3) is 0 Å². The fourth-order valence-corrected chi connectivity index (χ4v) is 4.44. The Balaban J connectivity index is 1.79. The molecule has 0 saturated heterocycles. The molecule has 0 radical (unpaired) electrons. The van der Waals surface area contributed by atoms with Crippen LogP contribution >= 0.6 is 11.3 Å². The van der Waals surface area contributed by atoms with Gasteiger partial charge in [-0.3, -0.25) is 9.59 Å². The van der Waals surface area contributed by atoms with Crippen molar-refractivity contribution in [1.29, 1.82) is 0 Å². The molecule has 0 bridgehead atoms. The second-order valence-corrected chi connectivity index (χ2v) is 7.60. The van der Waals surface area contributed by atoms with Crippen LogP contribution in [0, 0.1) is 0 Å². The fraction of sp³-hybridized carbons (Fsp3) is 0.0909. The number of fused-ring (bicyclic) bond motifs is 3. The van der Waals surface area contributed by atoms with Crippen molar-refractivity contribution in [3.05, 3.63) is 74.8 Å². The molecule has 2 aromatic carbocycles. The van der Waals surface area contributed by atoms with Crippen LogP contribution in [-0.2, 0) is 4.79 Å². The number of ether oxygens (including phenoxy) is 1. The second-order valence-electron chi connectivity index (χ2n) is 6.82. The third kappa shape index (κ3) is 2.78. The molecule has 0 spiro atoms. The van der Waals surface area contributed by atoms with Crippen molar-refractivity contribution in [2.75, 3.05) is 0 Å². The van der Waals surface area contributed by atoms with Gasteiger partial charge in [-0.25, -0.2) is 0 Å². The van der Waals surface area contributed by atoms with E-state index in [0.717, 1.165) is 5.56 Å². The molecule has 1 aliphatic rings. The molecule has 2 aromatic heterocycles. The van der Waals surface area contributed by atoms with E-state index in [0.29, 0.717) is 11.1 Å². The van der Waals surface area contributed by atoms with Crippen molar-refractivity contribution in [3.63, 3.8) is 0 Å². The molecule has 1 atom stereocenters. The normalized spacial score (nSPS) is 15.9. The molecule has 2 N–H and O–H groups in total. The molecule has 0 fully saturated rings. The maximum absolute atomic E-state index is 13.2. The number of phenols is 2. The van der Waals surface area contributed by atoms with Gasteiger partial charge >= 0.3 is 5.97 Å². The Bertz CT molecular complexity index is 1300. The number of carbonyl (C=O) groups is 1. The van der Waals surface area contributed by atoms with E-state index in [4.69, 9.17) is 9.15 Å². The molecule has 0 saturated carbocycles. The average Bonchev–Trinajstić information content (AvgIpc) is 3.23. The zero-order valence-electron chi connectivity index (χ0n) is 14.9. The number of rotatable bonds is 2. The van der Waals surface area contributed by atoms with Crippen LogP contribution in [0.15, 0.2) is 62.6 Å². The lowest BCUT2D eigenvalue weighted by Gasteiger charge is -2.25. The van der Waals surface area contributed by atoms with Crippen LogP contribution in [-0.4, -0.2) is 16.2 Å². The molecule has 144 valence electrons. The molecular weight excluding hydrogens is 392 g/mol. The highest BCUT2D eigenvalue weighted by atomic mass is 32.1. The molecule has 29 heavy (non-hydrogen) atoms. The van der Waals surface area contributed by atoms with Crippen molar-refractivity contribution in [2.24, 2.45) is 0 Å². The minimum atomic E-state index is -0.407. The van der Waals surface area contributed by atoms with Crippen LogP contribution < -0.4 is 10.2 Å². The summed E-state index contributed by atoms with van der Waals surface area (Å²) in [5.41, 5.74) is 2.11. The Morgan fingerprint density at radius 3 is 2.59 bits per heavy atom. The van der Waals surface area contributed by atoms with Gasteiger partial charge in [-0.2, -0.15) is 11.3 Å². The van der Waals surface area contributed by atoms with Gasteiger partial charge in [0.2, 0.25) is 5.43 Å². The van der Waals surface area contributed by atoms with Crippen LogP contribution in [0.1, 0.15) is 23.5 Å². The summed E-state index contributed by atoms with van der Waals surface area (Å²) in [5, 5.41) is 23.9. The molecule has 6 nitrogen and oxygen atoms in total. The summed E-state index contributed by atoms with van der Waals surface area (Å²) < 4.78 is 11.2. The van der Waals surface area contributed by atoms with Crippen LogP contribution in [0.5, 0.6) is 17.2 Å². The first-order valence-corrected chi connectivity index (χ1v) is 9.80. The van der Waals surface area contributed by atoms with Gasteiger partial charge in [0.15, 0.2) is 0 Å². The number of carbonyl (C=O) groups excluding carboxylic acids is 1. The SMILES string of the molecule is O=C1C[C@H](c2ccsc2)c2c(cc(O)c3c(=O)c(-c4ccc(O)cc4)coc23)O1. The first-order valence-electron chi connectivity index (χ1n) is 8.86.